The van der Waals surface area contributed by atoms with E-state index in [0.717, 1.165) is 18.4 Å². The van der Waals surface area contributed by atoms with Crippen LogP contribution in [0.2, 0.25) is 0 Å². The van der Waals surface area contributed by atoms with Crippen molar-refractivity contribution in [3.63, 3.8) is 0 Å². The number of nitrogens with zero attached hydrogens (tertiary/aromatic N) is 2. The van der Waals surface area contributed by atoms with Crippen LogP contribution in [0, 0.1) is 0 Å². The number of thioether (sulfide) groups is 1. The molecule has 3 rings (SSSR count). The maximum Gasteiger partial charge on any atom is 0.277 e. The molecule has 1 saturated carbocycles. The zero-order chi connectivity index (χ0) is 16.8. The lowest BCUT2D eigenvalue weighted by Gasteiger charge is -2.23. The van der Waals surface area contributed by atoms with Crippen LogP contribution in [-0.4, -0.2) is 27.4 Å². The third kappa shape index (κ3) is 4.84. The van der Waals surface area contributed by atoms with Crippen LogP contribution >= 0.6 is 11.8 Å². The van der Waals surface area contributed by atoms with Crippen molar-refractivity contribution in [2.24, 2.45) is 0 Å². The van der Waals surface area contributed by atoms with Gasteiger partial charge in [-0.15, -0.1) is 10.2 Å². The molecule has 1 heterocycles. The van der Waals surface area contributed by atoms with Gasteiger partial charge < -0.3 is 9.73 Å². The third-order valence-corrected chi connectivity index (χ3v) is 5.18. The average molecular weight is 345 g/mol. The van der Waals surface area contributed by atoms with Crippen LogP contribution in [-0.2, 0) is 11.2 Å². The Morgan fingerprint density at radius 2 is 2.00 bits per heavy atom. The predicted octanol–water partition coefficient (Wildman–Crippen LogP) is 3.59. The van der Waals surface area contributed by atoms with Crippen LogP contribution in [0.3, 0.4) is 0 Å². The van der Waals surface area contributed by atoms with Crippen molar-refractivity contribution in [2.45, 2.75) is 62.0 Å². The molecule has 1 atom stereocenters. The van der Waals surface area contributed by atoms with Crippen molar-refractivity contribution in [1.82, 2.24) is 15.5 Å². The first-order valence-electron chi connectivity index (χ1n) is 8.54. The second-order valence-corrected chi connectivity index (χ2v) is 7.52. The van der Waals surface area contributed by atoms with E-state index >= 15 is 0 Å². The molecule has 1 aromatic heterocycles. The Morgan fingerprint density at radius 1 is 1.25 bits per heavy atom. The van der Waals surface area contributed by atoms with Gasteiger partial charge in [-0.05, 0) is 25.3 Å². The molecule has 0 spiro atoms. The number of hydrogen-bond donors (Lipinski definition) is 1. The standard InChI is InChI=1S/C18H23N3O2S/c1-13(17(22)19-15-10-6-3-7-11-15)24-18-21-20-16(23-18)12-14-8-4-2-5-9-14/h2,4-5,8-9,13,15H,3,6-7,10-12H2,1H3,(H,19,22). The van der Waals surface area contributed by atoms with Gasteiger partial charge >= 0.3 is 0 Å². The highest BCUT2D eigenvalue weighted by atomic mass is 32.2. The molecule has 1 aromatic carbocycles. The summed E-state index contributed by atoms with van der Waals surface area (Å²) in [6.45, 7) is 1.88. The summed E-state index contributed by atoms with van der Waals surface area (Å²) in [5, 5.41) is 11.5. The van der Waals surface area contributed by atoms with Gasteiger partial charge in [-0.25, -0.2) is 0 Å². The van der Waals surface area contributed by atoms with Gasteiger partial charge in [0.25, 0.3) is 5.22 Å². The van der Waals surface area contributed by atoms with Gasteiger partial charge in [0.05, 0.1) is 11.7 Å². The second-order valence-electron chi connectivity index (χ2n) is 6.23. The van der Waals surface area contributed by atoms with Gasteiger partial charge in [0.15, 0.2) is 0 Å². The molecule has 1 aliphatic rings. The first kappa shape index (κ1) is 17.0. The first-order chi connectivity index (χ1) is 11.7. The van der Waals surface area contributed by atoms with E-state index in [1.165, 1.54) is 31.0 Å². The van der Waals surface area contributed by atoms with E-state index in [9.17, 15) is 4.79 Å². The summed E-state index contributed by atoms with van der Waals surface area (Å²) in [6.07, 6.45) is 6.48. The van der Waals surface area contributed by atoms with Gasteiger partial charge in [-0.2, -0.15) is 0 Å². The summed E-state index contributed by atoms with van der Waals surface area (Å²) in [5.74, 6) is 0.623. The van der Waals surface area contributed by atoms with Gasteiger partial charge in [-0.3, -0.25) is 4.79 Å². The second kappa shape index (κ2) is 8.33. The normalized spacial score (nSPS) is 16.7. The highest BCUT2D eigenvalue weighted by Crippen LogP contribution is 2.24. The van der Waals surface area contributed by atoms with E-state index < -0.39 is 0 Å². The molecule has 0 aliphatic heterocycles. The Balaban J connectivity index is 1.51. The number of rotatable bonds is 6. The summed E-state index contributed by atoms with van der Waals surface area (Å²) in [7, 11) is 0. The molecule has 128 valence electrons. The molecule has 0 saturated heterocycles. The molecule has 0 radical (unpaired) electrons. The van der Waals surface area contributed by atoms with Crippen LogP contribution in [0.4, 0.5) is 0 Å². The van der Waals surface area contributed by atoms with E-state index in [-0.39, 0.29) is 11.2 Å². The maximum absolute atomic E-state index is 12.3. The molecule has 1 fully saturated rings. The summed E-state index contributed by atoms with van der Waals surface area (Å²) in [5.41, 5.74) is 1.13. The summed E-state index contributed by atoms with van der Waals surface area (Å²) in [6, 6.07) is 10.3. The zero-order valence-corrected chi connectivity index (χ0v) is 14.7. The lowest BCUT2D eigenvalue weighted by Crippen LogP contribution is -2.40. The molecular weight excluding hydrogens is 322 g/mol. The van der Waals surface area contributed by atoms with E-state index in [4.69, 9.17) is 4.42 Å². The molecule has 1 N–H and O–H groups in total. The molecule has 5 nitrogen and oxygen atoms in total. The van der Waals surface area contributed by atoms with Gasteiger partial charge in [-0.1, -0.05) is 61.4 Å². The molecule has 1 aliphatic carbocycles. The quantitative estimate of drug-likeness (QED) is 0.810. The molecule has 0 bridgehead atoms. The Labute approximate surface area is 146 Å². The summed E-state index contributed by atoms with van der Waals surface area (Å²) in [4.78, 5) is 12.3. The highest BCUT2D eigenvalue weighted by molar-refractivity contribution is 8.00. The molecule has 1 amide bonds. The first-order valence-corrected chi connectivity index (χ1v) is 9.42. The number of amides is 1. The Kier molecular flexibility index (Phi) is 5.91. The topological polar surface area (TPSA) is 68.0 Å². The Morgan fingerprint density at radius 3 is 2.75 bits per heavy atom. The van der Waals surface area contributed by atoms with Crippen molar-refractivity contribution in [3.05, 3.63) is 41.8 Å². The van der Waals surface area contributed by atoms with Crippen molar-refractivity contribution >= 4 is 17.7 Å². The van der Waals surface area contributed by atoms with E-state index in [1.807, 2.05) is 37.3 Å². The van der Waals surface area contributed by atoms with Crippen LogP contribution in [0.5, 0.6) is 0 Å². The number of aromatic nitrogens is 2. The van der Waals surface area contributed by atoms with Crippen LogP contribution in [0.1, 0.15) is 50.5 Å². The van der Waals surface area contributed by atoms with E-state index in [2.05, 4.69) is 15.5 Å². The molecule has 24 heavy (non-hydrogen) atoms. The van der Waals surface area contributed by atoms with Gasteiger partial charge in [0.1, 0.15) is 0 Å². The zero-order valence-electron chi connectivity index (χ0n) is 13.9. The van der Waals surface area contributed by atoms with Crippen molar-refractivity contribution in [3.8, 4) is 0 Å². The number of nitrogens with one attached hydrogen (secondary N) is 1. The van der Waals surface area contributed by atoms with Crippen molar-refractivity contribution in [1.29, 1.82) is 0 Å². The smallest absolute Gasteiger partial charge is 0.277 e. The molecule has 1 unspecified atom stereocenters. The highest BCUT2D eigenvalue weighted by Gasteiger charge is 2.22. The monoisotopic (exact) mass is 345 g/mol. The minimum absolute atomic E-state index is 0.0507. The molecule has 6 heteroatoms. The largest absolute Gasteiger partial charge is 0.416 e. The fourth-order valence-corrected chi connectivity index (χ4v) is 3.61. The SMILES string of the molecule is CC(Sc1nnc(Cc2ccccc2)o1)C(=O)NC1CCCCC1. The minimum atomic E-state index is -0.239. The Bertz CT molecular complexity index is 653. The fraction of sp³-hybridized carbons (Fsp3) is 0.500. The number of benzene rings is 1. The van der Waals surface area contributed by atoms with Crippen LogP contribution < -0.4 is 5.32 Å². The fourth-order valence-electron chi connectivity index (χ4n) is 2.90. The summed E-state index contributed by atoms with van der Waals surface area (Å²) < 4.78 is 5.66. The van der Waals surface area contributed by atoms with Crippen LogP contribution in [0.15, 0.2) is 40.0 Å². The lowest BCUT2D eigenvalue weighted by atomic mass is 9.95. The maximum atomic E-state index is 12.3. The van der Waals surface area contributed by atoms with E-state index in [0.29, 0.717) is 23.6 Å². The number of carbonyl (C=O) groups excluding carboxylic acids is 1. The van der Waals surface area contributed by atoms with E-state index in [1.54, 1.807) is 0 Å². The average Bonchev–Trinajstić information content (AvgIpc) is 3.03. The third-order valence-electron chi connectivity index (χ3n) is 4.24. The van der Waals surface area contributed by atoms with Gasteiger partial charge in [0, 0.05) is 6.04 Å². The number of carbonyl (C=O) groups is 1. The van der Waals surface area contributed by atoms with Crippen molar-refractivity contribution in [2.75, 3.05) is 0 Å². The number of hydrogen-bond acceptors (Lipinski definition) is 5. The van der Waals surface area contributed by atoms with Crippen LogP contribution in [0.25, 0.3) is 0 Å². The predicted molar refractivity (Wildman–Crippen MR) is 93.9 cm³/mol. The molecule has 2 aromatic rings. The Hall–Kier alpha value is -1.82. The summed E-state index contributed by atoms with van der Waals surface area (Å²) >= 11 is 1.32. The van der Waals surface area contributed by atoms with Crippen molar-refractivity contribution < 1.29 is 9.21 Å². The molecular formula is C18H23N3O2S. The minimum Gasteiger partial charge on any atom is -0.416 e. The van der Waals surface area contributed by atoms with Gasteiger partial charge in [0.2, 0.25) is 11.8 Å². The lowest BCUT2D eigenvalue weighted by molar-refractivity contribution is -0.121.